The van der Waals surface area contributed by atoms with E-state index >= 15 is 0 Å². The van der Waals surface area contributed by atoms with Crippen molar-refractivity contribution in [2.45, 2.75) is 0 Å². The minimum atomic E-state index is 0.540. The van der Waals surface area contributed by atoms with Crippen LogP contribution in [0.5, 0.6) is 0 Å². The van der Waals surface area contributed by atoms with Gasteiger partial charge in [-0.2, -0.15) is 0 Å². The number of rotatable bonds is 1. The summed E-state index contributed by atoms with van der Waals surface area (Å²) in [6.07, 6.45) is 7.13. The first-order valence-electron chi connectivity index (χ1n) is 4.98. The van der Waals surface area contributed by atoms with Crippen LogP contribution in [0.3, 0.4) is 0 Å². The Morgan fingerprint density at radius 2 is 1.82 bits per heavy atom. The molecule has 3 heterocycles. The SMILES string of the molecule is Clc1cc(Cl)c2nc(-c3ccncc3)cn2c1. The summed E-state index contributed by atoms with van der Waals surface area (Å²) < 4.78 is 1.82. The van der Waals surface area contributed by atoms with Crippen molar-refractivity contribution in [2.75, 3.05) is 0 Å². The van der Waals surface area contributed by atoms with Gasteiger partial charge in [-0.25, -0.2) is 4.98 Å². The average Bonchev–Trinajstić information content (AvgIpc) is 2.74. The highest BCUT2D eigenvalue weighted by Gasteiger charge is 2.07. The lowest BCUT2D eigenvalue weighted by Crippen LogP contribution is -1.82. The number of aromatic nitrogens is 3. The Bertz CT molecular complexity index is 677. The molecule has 0 saturated carbocycles. The van der Waals surface area contributed by atoms with Crippen molar-refractivity contribution in [1.29, 1.82) is 0 Å². The van der Waals surface area contributed by atoms with E-state index in [-0.39, 0.29) is 0 Å². The van der Waals surface area contributed by atoms with Crippen LogP contribution >= 0.6 is 23.2 Å². The van der Waals surface area contributed by atoms with Gasteiger partial charge in [0, 0.05) is 30.4 Å². The number of hydrogen-bond donors (Lipinski definition) is 0. The Morgan fingerprint density at radius 3 is 2.59 bits per heavy atom. The highest BCUT2D eigenvalue weighted by atomic mass is 35.5. The molecule has 0 unspecified atom stereocenters. The van der Waals surface area contributed by atoms with E-state index in [1.807, 2.05) is 22.7 Å². The number of halogens is 2. The van der Waals surface area contributed by atoms with Crippen molar-refractivity contribution in [3.8, 4) is 11.3 Å². The van der Waals surface area contributed by atoms with E-state index < -0.39 is 0 Å². The number of nitrogens with zero attached hydrogens (tertiary/aromatic N) is 3. The summed E-state index contributed by atoms with van der Waals surface area (Å²) in [6, 6.07) is 5.48. The topological polar surface area (TPSA) is 30.2 Å². The van der Waals surface area contributed by atoms with Gasteiger partial charge in [-0.05, 0) is 18.2 Å². The molecule has 3 aromatic rings. The van der Waals surface area contributed by atoms with Crippen molar-refractivity contribution >= 4 is 28.8 Å². The largest absolute Gasteiger partial charge is 0.304 e. The molecule has 0 bridgehead atoms. The molecule has 0 aliphatic rings. The summed E-state index contributed by atoms with van der Waals surface area (Å²) in [5.74, 6) is 0. The van der Waals surface area contributed by atoms with E-state index in [1.54, 1.807) is 24.7 Å². The maximum atomic E-state index is 6.08. The van der Waals surface area contributed by atoms with Crippen LogP contribution < -0.4 is 0 Å². The smallest absolute Gasteiger partial charge is 0.156 e. The third-order valence-electron chi connectivity index (χ3n) is 2.45. The van der Waals surface area contributed by atoms with Crippen LogP contribution in [0.25, 0.3) is 16.9 Å². The van der Waals surface area contributed by atoms with E-state index in [0.717, 1.165) is 11.3 Å². The first-order valence-corrected chi connectivity index (χ1v) is 5.74. The van der Waals surface area contributed by atoms with Gasteiger partial charge in [0.05, 0.1) is 15.7 Å². The molecule has 0 spiro atoms. The molecule has 84 valence electrons. The second kappa shape index (κ2) is 4.02. The van der Waals surface area contributed by atoms with Gasteiger partial charge < -0.3 is 4.40 Å². The Morgan fingerprint density at radius 1 is 1.06 bits per heavy atom. The van der Waals surface area contributed by atoms with Crippen LogP contribution in [0.4, 0.5) is 0 Å². The Hall–Kier alpha value is -1.58. The fourth-order valence-corrected chi connectivity index (χ4v) is 2.21. The van der Waals surface area contributed by atoms with Crippen molar-refractivity contribution < 1.29 is 0 Å². The lowest BCUT2D eigenvalue weighted by atomic mass is 10.2. The zero-order valence-electron chi connectivity index (χ0n) is 8.64. The average molecular weight is 264 g/mol. The summed E-state index contributed by atoms with van der Waals surface area (Å²) in [6.45, 7) is 0. The summed E-state index contributed by atoms with van der Waals surface area (Å²) in [5, 5.41) is 1.12. The fourth-order valence-electron chi connectivity index (χ4n) is 1.69. The molecular weight excluding hydrogens is 257 g/mol. The van der Waals surface area contributed by atoms with E-state index in [9.17, 15) is 0 Å². The molecule has 0 radical (unpaired) electrons. The Labute approximate surface area is 108 Å². The Kier molecular flexibility index (Phi) is 2.50. The van der Waals surface area contributed by atoms with Crippen LogP contribution in [0.1, 0.15) is 0 Å². The molecule has 0 aromatic carbocycles. The molecule has 5 heteroatoms. The molecule has 0 aliphatic heterocycles. The number of pyridine rings is 2. The van der Waals surface area contributed by atoms with E-state index in [1.165, 1.54) is 0 Å². The second-order valence-corrected chi connectivity index (χ2v) is 4.44. The third-order valence-corrected chi connectivity index (χ3v) is 2.93. The lowest BCUT2D eigenvalue weighted by molar-refractivity contribution is 1.19. The van der Waals surface area contributed by atoms with Gasteiger partial charge in [-0.3, -0.25) is 4.98 Å². The molecule has 17 heavy (non-hydrogen) atoms. The first kappa shape index (κ1) is 10.6. The zero-order chi connectivity index (χ0) is 11.8. The maximum absolute atomic E-state index is 6.08. The van der Waals surface area contributed by atoms with Crippen molar-refractivity contribution in [3.05, 3.63) is 53.0 Å². The Balaban J connectivity index is 2.24. The first-order chi connectivity index (χ1) is 8.24. The van der Waals surface area contributed by atoms with E-state index in [2.05, 4.69) is 9.97 Å². The van der Waals surface area contributed by atoms with Crippen LogP contribution in [0, 0.1) is 0 Å². The molecule has 0 aliphatic carbocycles. The van der Waals surface area contributed by atoms with Crippen molar-refractivity contribution in [1.82, 2.24) is 14.4 Å². The van der Waals surface area contributed by atoms with Crippen LogP contribution in [0.15, 0.2) is 43.0 Å². The summed E-state index contributed by atoms with van der Waals surface area (Å²) >= 11 is 12.0. The highest BCUT2D eigenvalue weighted by Crippen LogP contribution is 2.25. The number of imidazole rings is 1. The van der Waals surface area contributed by atoms with Gasteiger partial charge >= 0.3 is 0 Å². The molecule has 3 nitrogen and oxygen atoms in total. The number of fused-ring (bicyclic) bond motifs is 1. The third kappa shape index (κ3) is 1.88. The predicted octanol–water partition coefficient (Wildman–Crippen LogP) is 3.70. The summed E-state index contributed by atoms with van der Waals surface area (Å²) in [5.41, 5.74) is 2.54. The molecule has 3 rings (SSSR count). The summed E-state index contributed by atoms with van der Waals surface area (Å²) in [4.78, 5) is 8.44. The molecule has 0 N–H and O–H groups in total. The fraction of sp³-hybridized carbons (Fsp3) is 0. The standard InChI is InChI=1S/C12H7Cl2N3/c13-9-5-10(14)12-16-11(7-17(12)6-9)8-1-3-15-4-2-8/h1-7H. The van der Waals surface area contributed by atoms with E-state index in [0.29, 0.717) is 15.7 Å². The summed E-state index contributed by atoms with van der Waals surface area (Å²) in [7, 11) is 0. The normalized spacial score (nSPS) is 10.9. The van der Waals surface area contributed by atoms with E-state index in [4.69, 9.17) is 23.2 Å². The van der Waals surface area contributed by atoms with Crippen molar-refractivity contribution in [2.24, 2.45) is 0 Å². The molecule has 0 fully saturated rings. The van der Waals surface area contributed by atoms with Crippen LogP contribution in [-0.2, 0) is 0 Å². The van der Waals surface area contributed by atoms with Gasteiger partial charge in [0.25, 0.3) is 0 Å². The van der Waals surface area contributed by atoms with Gasteiger partial charge in [-0.1, -0.05) is 23.2 Å². The van der Waals surface area contributed by atoms with Gasteiger partial charge in [0.1, 0.15) is 0 Å². The van der Waals surface area contributed by atoms with Crippen LogP contribution in [0.2, 0.25) is 10.0 Å². The number of hydrogen-bond acceptors (Lipinski definition) is 2. The predicted molar refractivity (Wildman–Crippen MR) is 68.4 cm³/mol. The maximum Gasteiger partial charge on any atom is 0.156 e. The monoisotopic (exact) mass is 263 g/mol. The van der Waals surface area contributed by atoms with Gasteiger partial charge in [0.15, 0.2) is 5.65 Å². The molecule has 0 atom stereocenters. The van der Waals surface area contributed by atoms with Crippen molar-refractivity contribution in [3.63, 3.8) is 0 Å². The molecule has 3 aromatic heterocycles. The highest BCUT2D eigenvalue weighted by molar-refractivity contribution is 6.36. The van der Waals surface area contributed by atoms with Crippen LogP contribution in [-0.4, -0.2) is 14.4 Å². The minimum Gasteiger partial charge on any atom is -0.304 e. The second-order valence-electron chi connectivity index (χ2n) is 3.60. The lowest BCUT2D eigenvalue weighted by Gasteiger charge is -1.95. The quantitative estimate of drug-likeness (QED) is 0.670. The minimum absolute atomic E-state index is 0.540. The zero-order valence-corrected chi connectivity index (χ0v) is 10.2. The molecule has 0 amide bonds. The molecule has 0 saturated heterocycles. The van der Waals surface area contributed by atoms with Gasteiger partial charge in [0.2, 0.25) is 0 Å². The van der Waals surface area contributed by atoms with Gasteiger partial charge in [-0.15, -0.1) is 0 Å². The molecular formula is C12H7Cl2N3.